The molecule has 0 saturated heterocycles. The predicted molar refractivity (Wildman–Crippen MR) is 75.6 cm³/mol. The molecule has 2 aliphatic carbocycles. The van der Waals surface area contributed by atoms with Crippen LogP contribution in [0.5, 0.6) is 0 Å². The Balaban J connectivity index is 1.82. The first kappa shape index (κ1) is 11.5. The second kappa shape index (κ2) is 4.63. The third-order valence-corrected chi connectivity index (χ3v) is 6.51. The van der Waals surface area contributed by atoms with Crippen molar-refractivity contribution >= 4 is 0 Å². The van der Waals surface area contributed by atoms with E-state index in [1.807, 2.05) is 0 Å². The van der Waals surface area contributed by atoms with E-state index in [9.17, 15) is 0 Å². The van der Waals surface area contributed by atoms with Crippen LogP contribution in [-0.2, 0) is 19.2 Å². The molecule has 2 aromatic rings. The summed E-state index contributed by atoms with van der Waals surface area (Å²) in [6.07, 6.45) is 8.02. The topological polar surface area (TPSA) is 0 Å². The van der Waals surface area contributed by atoms with Gasteiger partial charge in [-0.15, -0.1) is 0 Å². The minimum atomic E-state index is -0.114. The van der Waals surface area contributed by atoms with Crippen molar-refractivity contribution < 1.29 is 19.2 Å². The van der Waals surface area contributed by atoms with Crippen molar-refractivity contribution in [2.45, 2.75) is 10.6 Å². The molecule has 90 valence electrons. The Bertz CT molecular complexity index is 649. The number of benzene rings is 2. The van der Waals surface area contributed by atoms with E-state index in [1.54, 1.807) is 15.0 Å². The summed E-state index contributed by atoms with van der Waals surface area (Å²) in [5.41, 5.74) is 6.02. The molecule has 0 atom stereocenters. The molecule has 0 N–H and O–H groups in total. The van der Waals surface area contributed by atoms with Gasteiger partial charge < -0.3 is 0 Å². The van der Waals surface area contributed by atoms with E-state index in [0.717, 1.165) is 0 Å². The number of fused-ring (bicyclic) bond motifs is 3. The molecule has 4 rings (SSSR count). The summed E-state index contributed by atoms with van der Waals surface area (Å²) in [4.78, 5) is 0. The molecule has 2 aromatic carbocycles. The monoisotopic (exact) mass is 278 g/mol. The number of hydrogen-bond acceptors (Lipinski definition) is 0. The molecule has 0 heterocycles. The molecule has 0 aliphatic heterocycles. The van der Waals surface area contributed by atoms with Crippen LogP contribution in [0.25, 0.3) is 11.1 Å². The van der Waals surface area contributed by atoms with E-state index in [0.29, 0.717) is 4.22 Å². The Morgan fingerprint density at radius 2 is 1.47 bits per heavy atom. The number of rotatable bonds is 2. The first-order valence-corrected chi connectivity index (χ1v) is 8.42. The van der Waals surface area contributed by atoms with Crippen LogP contribution >= 0.6 is 0 Å². The van der Waals surface area contributed by atoms with Crippen LogP contribution in [0.4, 0.5) is 0 Å². The molecule has 0 spiro atoms. The SMILES string of the molecule is C1=CC[C]([Ti][CH]2c3ccccc3-c3ccccc32)=C1. The normalized spacial score (nSPS) is 16.1. The van der Waals surface area contributed by atoms with Gasteiger partial charge in [0.15, 0.2) is 0 Å². The van der Waals surface area contributed by atoms with Crippen molar-refractivity contribution in [3.63, 3.8) is 0 Å². The van der Waals surface area contributed by atoms with Crippen molar-refractivity contribution in [2.24, 2.45) is 0 Å². The van der Waals surface area contributed by atoms with Crippen molar-refractivity contribution in [2.75, 3.05) is 0 Å². The Hall–Kier alpha value is -1.37. The zero-order chi connectivity index (χ0) is 12.7. The second-order valence-electron chi connectivity index (χ2n) is 5.08. The van der Waals surface area contributed by atoms with E-state index < -0.39 is 0 Å². The van der Waals surface area contributed by atoms with Gasteiger partial charge in [0.05, 0.1) is 0 Å². The summed E-state index contributed by atoms with van der Waals surface area (Å²) < 4.78 is 2.34. The first-order valence-electron chi connectivity index (χ1n) is 6.74. The van der Waals surface area contributed by atoms with Gasteiger partial charge in [-0.25, -0.2) is 0 Å². The number of hydrogen-bond donors (Lipinski definition) is 0. The van der Waals surface area contributed by atoms with Gasteiger partial charge in [0.25, 0.3) is 0 Å². The Labute approximate surface area is 122 Å². The van der Waals surface area contributed by atoms with Gasteiger partial charge in [0.2, 0.25) is 0 Å². The molecule has 2 aliphatic rings. The Kier molecular flexibility index (Phi) is 2.79. The van der Waals surface area contributed by atoms with Crippen LogP contribution in [0, 0.1) is 0 Å². The third kappa shape index (κ3) is 1.87. The van der Waals surface area contributed by atoms with Gasteiger partial charge in [-0.2, -0.15) is 0 Å². The van der Waals surface area contributed by atoms with Crippen LogP contribution in [0.3, 0.4) is 0 Å². The Morgan fingerprint density at radius 3 is 2.05 bits per heavy atom. The van der Waals surface area contributed by atoms with Crippen LogP contribution in [-0.4, -0.2) is 0 Å². The van der Waals surface area contributed by atoms with Crippen molar-refractivity contribution in [1.82, 2.24) is 0 Å². The first-order chi connectivity index (χ1) is 9.43. The molecular formula is C18H14Ti. The molecule has 0 fully saturated rings. The maximum atomic E-state index is 2.34. The van der Waals surface area contributed by atoms with Crippen molar-refractivity contribution in [3.8, 4) is 11.1 Å². The molecule has 0 amide bonds. The molecule has 0 unspecified atom stereocenters. The molecule has 0 bridgehead atoms. The Morgan fingerprint density at radius 1 is 0.842 bits per heavy atom. The summed E-state index contributed by atoms with van der Waals surface area (Å²) >= 11 is -0.114. The van der Waals surface area contributed by atoms with Crippen molar-refractivity contribution in [3.05, 3.63) is 81.8 Å². The van der Waals surface area contributed by atoms with Crippen LogP contribution in [0.1, 0.15) is 21.8 Å². The van der Waals surface area contributed by atoms with Crippen LogP contribution < -0.4 is 0 Å². The average molecular weight is 278 g/mol. The molecule has 0 radical (unpaired) electrons. The summed E-state index contributed by atoms with van der Waals surface area (Å²) in [5.74, 6) is 0. The van der Waals surface area contributed by atoms with Gasteiger partial charge in [-0.3, -0.25) is 0 Å². The standard InChI is InChI=1S/C13H9.C5H5.Ti/c1-3-7-12-10(5-1)9-11-6-2-4-8-13(11)12;1-2-4-5-3-1;/h1-9H;1-3H,4H2;. The molecule has 1 heteroatoms. The van der Waals surface area contributed by atoms with E-state index in [1.165, 1.54) is 17.5 Å². The van der Waals surface area contributed by atoms with E-state index >= 15 is 0 Å². The van der Waals surface area contributed by atoms with Crippen molar-refractivity contribution in [1.29, 1.82) is 0 Å². The van der Waals surface area contributed by atoms with E-state index in [-0.39, 0.29) is 19.2 Å². The molecule has 19 heavy (non-hydrogen) atoms. The van der Waals surface area contributed by atoms with E-state index in [4.69, 9.17) is 0 Å². The third-order valence-electron chi connectivity index (χ3n) is 3.93. The fraction of sp³-hybridized carbons (Fsp3) is 0.111. The maximum absolute atomic E-state index is 2.34. The van der Waals surface area contributed by atoms with Gasteiger partial charge in [0.1, 0.15) is 0 Å². The zero-order valence-electron chi connectivity index (χ0n) is 10.6. The van der Waals surface area contributed by atoms with Crippen LogP contribution in [0.2, 0.25) is 0 Å². The second-order valence-corrected chi connectivity index (χ2v) is 7.43. The summed E-state index contributed by atoms with van der Waals surface area (Å²) in [6.45, 7) is 0. The summed E-state index contributed by atoms with van der Waals surface area (Å²) in [7, 11) is 0. The predicted octanol–water partition coefficient (Wildman–Crippen LogP) is 4.68. The quantitative estimate of drug-likeness (QED) is 0.699. The van der Waals surface area contributed by atoms with Gasteiger partial charge in [-0.1, -0.05) is 0 Å². The minimum absolute atomic E-state index is 0.114. The van der Waals surface area contributed by atoms with Gasteiger partial charge >= 0.3 is 123 Å². The molecular weight excluding hydrogens is 264 g/mol. The van der Waals surface area contributed by atoms with Gasteiger partial charge in [-0.05, 0) is 0 Å². The molecule has 0 saturated carbocycles. The van der Waals surface area contributed by atoms with E-state index in [2.05, 4.69) is 66.8 Å². The van der Waals surface area contributed by atoms with Crippen LogP contribution in [0.15, 0.2) is 70.6 Å². The fourth-order valence-electron chi connectivity index (χ4n) is 3.05. The average Bonchev–Trinajstić information content (AvgIpc) is 3.08. The molecule has 0 aromatic heterocycles. The summed E-state index contributed by atoms with van der Waals surface area (Å²) in [6, 6.07) is 17.9. The zero-order valence-corrected chi connectivity index (χ0v) is 12.2. The molecule has 0 nitrogen and oxygen atoms in total. The number of allylic oxidation sites excluding steroid dienone is 4. The fourth-order valence-corrected chi connectivity index (χ4v) is 5.57. The van der Waals surface area contributed by atoms with Gasteiger partial charge in [0, 0.05) is 0 Å². The summed E-state index contributed by atoms with van der Waals surface area (Å²) in [5, 5.41) is 0.